The van der Waals surface area contributed by atoms with Crippen LogP contribution in [0.15, 0.2) is 36.8 Å². The number of hydrogen-bond acceptors (Lipinski definition) is 3. The third-order valence-electron chi connectivity index (χ3n) is 5.06. The van der Waals surface area contributed by atoms with Crippen LogP contribution < -0.4 is 0 Å². The molecular weight excluding hydrogens is 474 g/mol. The van der Waals surface area contributed by atoms with Crippen LogP contribution >= 0.6 is 20.2 Å². The van der Waals surface area contributed by atoms with Gasteiger partial charge in [0.15, 0.2) is 0 Å². The van der Waals surface area contributed by atoms with Gasteiger partial charge in [0.1, 0.15) is 0 Å². The molecule has 0 aliphatic carbocycles. The molecule has 0 saturated heterocycles. The Kier molecular flexibility index (Phi) is 12.3. The summed E-state index contributed by atoms with van der Waals surface area (Å²) in [4.78, 5) is 0. The normalized spacial score (nSPS) is 11.0. The molecule has 0 saturated carbocycles. The van der Waals surface area contributed by atoms with E-state index in [9.17, 15) is 0 Å². The SMILES string of the molecule is CCCCc1ccn(C(n2ccc(CCCC)n2)n2ccc(CCCC)n2)n1.[Cl][Mn][Cl]. The second-order valence-corrected chi connectivity index (χ2v) is 9.52. The van der Waals surface area contributed by atoms with Crippen molar-refractivity contribution < 1.29 is 13.1 Å². The second kappa shape index (κ2) is 14.7. The molecule has 3 aromatic heterocycles. The minimum absolute atomic E-state index is 0.00694. The van der Waals surface area contributed by atoms with E-state index >= 15 is 0 Å². The van der Waals surface area contributed by atoms with Gasteiger partial charge in [0, 0.05) is 18.6 Å². The number of halogens is 2. The Morgan fingerprint density at radius 2 is 0.968 bits per heavy atom. The second-order valence-electron chi connectivity index (χ2n) is 7.57. The molecule has 0 amide bonds. The van der Waals surface area contributed by atoms with E-state index in [4.69, 9.17) is 35.5 Å². The van der Waals surface area contributed by atoms with Crippen molar-refractivity contribution in [1.82, 2.24) is 29.3 Å². The van der Waals surface area contributed by atoms with Gasteiger partial charge >= 0.3 is 33.3 Å². The van der Waals surface area contributed by atoms with Gasteiger partial charge in [-0.3, -0.25) is 0 Å². The van der Waals surface area contributed by atoms with Crippen LogP contribution in [-0.2, 0) is 32.4 Å². The van der Waals surface area contributed by atoms with E-state index in [0.29, 0.717) is 0 Å². The molecule has 0 atom stereocenters. The maximum atomic E-state index is 4.84. The summed E-state index contributed by atoms with van der Waals surface area (Å²) < 4.78 is 5.95. The van der Waals surface area contributed by atoms with Gasteiger partial charge in [-0.2, -0.15) is 15.3 Å². The van der Waals surface area contributed by atoms with Crippen molar-refractivity contribution in [2.24, 2.45) is 0 Å². The van der Waals surface area contributed by atoms with Gasteiger partial charge < -0.3 is 0 Å². The van der Waals surface area contributed by atoms with Gasteiger partial charge in [-0.25, -0.2) is 14.0 Å². The molecule has 0 radical (unpaired) electrons. The molecule has 3 aromatic rings. The Hall–Kier alpha value is -1.27. The molecule has 9 heteroatoms. The molecule has 3 rings (SSSR count). The Morgan fingerprint density at radius 1 is 0.677 bits per heavy atom. The molecule has 0 aliphatic heterocycles. The summed E-state index contributed by atoms with van der Waals surface area (Å²) in [5, 5.41) is 14.5. The van der Waals surface area contributed by atoms with E-state index in [1.54, 1.807) is 0 Å². The first kappa shape index (κ1) is 26.0. The van der Waals surface area contributed by atoms with E-state index in [1.165, 1.54) is 19.3 Å². The van der Waals surface area contributed by atoms with Crippen LogP contribution in [0.5, 0.6) is 0 Å². The van der Waals surface area contributed by atoms with Crippen molar-refractivity contribution in [3.63, 3.8) is 0 Å². The number of rotatable bonds is 12. The summed E-state index contributed by atoms with van der Waals surface area (Å²) >= 11 is 0.00694. The number of hydrogen-bond donors (Lipinski definition) is 0. The minimum atomic E-state index is -0.207. The Labute approximate surface area is 200 Å². The fraction of sp³-hybridized carbons (Fsp3) is 0.591. The van der Waals surface area contributed by atoms with Gasteiger partial charge in [0.2, 0.25) is 6.29 Å². The summed E-state index contributed by atoms with van der Waals surface area (Å²) in [6, 6.07) is 6.35. The molecule has 0 aromatic carbocycles. The van der Waals surface area contributed by atoms with Gasteiger partial charge in [0.25, 0.3) is 0 Å². The van der Waals surface area contributed by atoms with Crippen molar-refractivity contribution in [3.8, 4) is 0 Å². The molecule has 0 aliphatic rings. The third-order valence-corrected chi connectivity index (χ3v) is 5.06. The summed E-state index contributed by atoms with van der Waals surface area (Å²) in [7, 11) is 9.59. The van der Waals surface area contributed by atoms with Crippen LogP contribution in [-0.4, -0.2) is 29.3 Å². The molecule has 0 fully saturated rings. The molecule has 0 bridgehead atoms. The van der Waals surface area contributed by atoms with E-state index in [0.717, 1.165) is 55.6 Å². The van der Waals surface area contributed by atoms with Gasteiger partial charge in [-0.05, 0) is 56.7 Å². The van der Waals surface area contributed by atoms with Crippen molar-refractivity contribution in [2.75, 3.05) is 0 Å². The first-order valence-corrected chi connectivity index (χ1v) is 14.4. The van der Waals surface area contributed by atoms with Crippen LogP contribution in [0.3, 0.4) is 0 Å². The maximum absolute atomic E-state index is 4.84. The summed E-state index contributed by atoms with van der Waals surface area (Å²) in [6.07, 6.45) is 16.0. The zero-order valence-corrected chi connectivity index (χ0v) is 21.4. The Balaban J connectivity index is 0.00000107. The Morgan fingerprint density at radius 3 is 1.23 bits per heavy atom. The van der Waals surface area contributed by atoms with Crippen molar-refractivity contribution in [1.29, 1.82) is 0 Å². The topological polar surface area (TPSA) is 53.5 Å². The van der Waals surface area contributed by atoms with Gasteiger partial charge in [0.05, 0.1) is 17.1 Å². The van der Waals surface area contributed by atoms with Gasteiger partial charge in [-0.15, -0.1) is 0 Å². The van der Waals surface area contributed by atoms with E-state index in [1.807, 2.05) is 14.0 Å². The average molecular weight is 508 g/mol. The summed E-state index contributed by atoms with van der Waals surface area (Å²) in [5.41, 5.74) is 3.38. The standard InChI is InChI=1S/C22H34N6.2ClH.Mn/c1-4-7-10-19-13-16-26(23-19)22(27-17-14-20(24-27)11-8-5-2)28-18-15-21(25-28)12-9-6-3;;;/h13-18,22H,4-12H2,1-3H3;2*1H;/q;;;+2/p-2. The number of nitrogens with zero attached hydrogens (tertiary/aromatic N) is 6. The number of aryl methyl sites for hydroxylation is 3. The predicted molar refractivity (Wildman–Crippen MR) is 124 cm³/mol. The molecule has 6 nitrogen and oxygen atoms in total. The summed E-state index contributed by atoms with van der Waals surface area (Å²) in [6.45, 7) is 6.63. The van der Waals surface area contributed by atoms with Crippen molar-refractivity contribution in [3.05, 3.63) is 53.9 Å². The molecule has 173 valence electrons. The molecular formula is C22H34Cl2MnN6. The van der Waals surface area contributed by atoms with E-state index < -0.39 is 0 Å². The van der Waals surface area contributed by atoms with E-state index in [2.05, 4.69) is 57.6 Å². The van der Waals surface area contributed by atoms with Gasteiger partial charge in [-0.1, -0.05) is 40.0 Å². The fourth-order valence-corrected chi connectivity index (χ4v) is 3.36. The molecule has 31 heavy (non-hydrogen) atoms. The predicted octanol–water partition coefficient (Wildman–Crippen LogP) is 6.23. The number of unbranched alkanes of at least 4 members (excludes halogenated alkanes) is 3. The quantitative estimate of drug-likeness (QED) is 0.273. The van der Waals surface area contributed by atoms with E-state index in [-0.39, 0.29) is 19.4 Å². The number of aromatic nitrogens is 6. The fourth-order valence-electron chi connectivity index (χ4n) is 3.36. The third kappa shape index (κ3) is 8.30. The molecule has 0 spiro atoms. The first-order chi connectivity index (χ1) is 15.2. The zero-order valence-electron chi connectivity index (χ0n) is 18.7. The average Bonchev–Trinajstić information content (AvgIpc) is 3.52. The molecule has 0 unspecified atom stereocenters. The van der Waals surface area contributed by atoms with Crippen LogP contribution in [0.25, 0.3) is 0 Å². The molecule has 0 N–H and O–H groups in total. The van der Waals surface area contributed by atoms with Crippen molar-refractivity contribution >= 4 is 20.2 Å². The van der Waals surface area contributed by atoms with Crippen LogP contribution in [0, 0.1) is 0 Å². The zero-order chi connectivity index (χ0) is 22.5. The summed E-state index contributed by atoms with van der Waals surface area (Å²) in [5.74, 6) is 0. The van der Waals surface area contributed by atoms with Crippen LogP contribution in [0.1, 0.15) is 82.7 Å². The first-order valence-electron chi connectivity index (χ1n) is 11.2. The van der Waals surface area contributed by atoms with Crippen LogP contribution in [0.4, 0.5) is 0 Å². The van der Waals surface area contributed by atoms with Crippen LogP contribution in [0.2, 0.25) is 0 Å². The van der Waals surface area contributed by atoms with Crippen molar-refractivity contribution in [2.45, 2.75) is 84.8 Å². The Bertz CT molecular complexity index is 750. The molecule has 3 heterocycles. The monoisotopic (exact) mass is 507 g/mol.